The van der Waals surface area contributed by atoms with Crippen molar-refractivity contribution < 1.29 is 49.1 Å². The number of benzene rings is 2. The number of aliphatic hydroxyl groups is 1. The minimum atomic E-state index is -6.12. The number of hydrogen-bond donors (Lipinski definition) is 2. The van der Waals surface area contributed by atoms with Gasteiger partial charge in [0.2, 0.25) is 5.91 Å². The number of anilines is 1. The molecule has 2 saturated heterocycles. The zero-order valence-electron chi connectivity index (χ0n) is 22.1. The number of hydrogen-bond acceptors (Lipinski definition) is 5. The Morgan fingerprint density at radius 3 is 2.10 bits per heavy atom. The van der Waals surface area contributed by atoms with E-state index in [0.717, 1.165) is 60.6 Å². The Labute approximate surface area is 237 Å². The molecule has 2 fully saturated rings. The molecule has 1 spiro atoms. The van der Waals surface area contributed by atoms with E-state index in [9.17, 15) is 49.1 Å². The van der Waals surface area contributed by atoms with Crippen LogP contribution in [0.15, 0.2) is 47.4 Å². The van der Waals surface area contributed by atoms with Gasteiger partial charge in [-0.1, -0.05) is 12.1 Å². The van der Waals surface area contributed by atoms with Gasteiger partial charge in [-0.15, -0.1) is 0 Å². The standard InChI is InChI=1S/C27H28F7N3O4S/c28-19-3-6-21(7-4-19)42(40,41)37-20(14-23(38)36-11-9-24(10-12-36)15-35-16-24)5-1-17-13-18(2-8-22(17)37)25(39,26(29,30)31)27(32,33)34/h2-4,6-8,13,20,35,39H,1,5,9-12,14-16H2. The summed E-state index contributed by atoms with van der Waals surface area (Å²) >= 11 is 0. The van der Waals surface area contributed by atoms with E-state index in [1.165, 1.54) is 0 Å². The smallest absolute Gasteiger partial charge is 0.369 e. The van der Waals surface area contributed by atoms with Crippen LogP contribution < -0.4 is 9.62 Å². The SMILES string of the molecule is O=C(CC1CCc2cc(C(O)(C(F)(F)F)C(F)(F)F)ccc2N1S(=O)(=O)c1ccc(F)cc1)N1CCC2(CC1)CNC2. The van der Waals surface area contributed by atoms with E-state index in [1.807, 2.05) is 0 Å². The number of sulfonamides is 1. The Hall–Kier alpha value is -2.91. The van der Waals surface area contributed by atoms with Gasteiger partial charge in [0.15, 0.2) is 0 Å². The molecule has 1 unspecified atom stereocenters. The van der Waals surface area contributed by atoms with Crippen molar-refractivity contribution in [1.82, 2.24) is 10.2 Å². The van der Waals surface area contributed by atoms with Gasteiger partial charge in [-0.05, 0) is 67.0 Å². The molecule has 0 aliphatic carbocycles. The van der Waals surface area contributed by atoms with Crippen LogP contribution in [0.4, 0.5) is 36.4 Å². The first-order valence-corrected chi connectivity index (χ1v) is 14.7. The second-order valence-corrected chi connectivity index (χ2v) is 13.0. The molecule has 15 heteroatoms. The maximum atomic E-state index is 13.8. The summed E-state index contributed by atoms with van der Waals surface area (Å²) in [5.41, 5.74) is -6.97. The summed E-state index contributed by atoms with van der Waals surface area (Å²) in [4.78, 5) is 14.6. The summed E-state index contributed by atoms with van der Waals surface area (Å²) in [6.45, 7) is 2.67. The minimum absolute atomic E-state index is 0.0964. The normalized spacial score (nSPS) is 21.2. The summed E-state index contributed by atoms with van der Waals surface area (Å²) in [6, 6.07) is 4.39. The number of rotatable bonds is 5. The molecule has 42 heavy (non-hydrogen) atoms. The lowest BCUT2D eigenvalue weighted by molar-refractivity contribution is -0.376. The van der Waals surface area contributed by atoms with Crippen molar-refractivity contribution in [2.24, 2.45) is 5.41 Å². The monoisotopic (exact) mass is 623 g/mol. The number of nitrogens with one attached hydrogen (secondary N) is 1. The van der Waals surface area contributed by atoms with Gasteiger partial charge in [-0.2, -0.15) is 26.3 Å². The van der Waals surface area contributed by atoms with Crippen LogP contribution in [0.5, 0.6) is 0 Å². The third-order valence-corrected chi connectivity index (χ3v) is 10.5. The van der Waals surface area contributed by atoms with Gasteiger partial charge in [-0.25, -0.2) is 12.8 Å². The zero-order valence-corrected chi connectivity index (χ0v) is 22.9. The molecule has 2 aromatic carbocycles. The fourth-order valence-corrected chi connectivity index (χ4v) is 7.69. The van der Waals surface area contributed by atoms with Crippen molar-refractivity contribution in [3.63, 3.8) is 0 Å². The predicted octanol–water partition coefficient (Wildman–Crippen LogP) is 4.25. The third kappa shape index (κ3) is 5.12. The first kappa shape index (κ1) is 30.5. The van der Waals surface area contributed by atoms with E-state index in [-0.39, 0.29) is 46.7 Å². The highest BCUT2D eigenvalue weighted by Crippen LogP contribution is 2.51. The van der Waals surface area contributed by atoms with Crippen LogP contribution in [0.1, 0.15) is 36.8 Å². The number of halogens is 7. The van der Waals surface area contributed by atoms with Crippen LogP contribution in [0, 0.1) is 11.2 Å². The molecule has 7 nitrogen and oxygen atoms in total. The molecule has 2 aromatic rings. The average Bonchev–Trinajstić information content (AvgIpc) is 2.90. The Balaban J connectivity index is 1.51. The van der Waals surface area contributed by atoms with E-state index in [4.69, 9.17) is 0 Å². The minimum Gasteiger partial charge on any atom is -0.369 e. The van der Waals surface area contributed by atoms with Crippen molar-refractivity contribution in [3.05, 3.63) is 59.4 Å². The molecule has 5 rings (SSSR count). The molecule has 1 atom stereocenters. The molecule has 2 N–H and O–H groups in total. The summed E-state index contributed by atoms with van der Waals surface area (Å²) < 4.78 is 123. The van der Waals surface area contributed by atoms with Crippen LogP contribution in [-0.2, 0) is 26.8 Å². The molecule has 3 aliphatic heterocycles. The van der Waals surface area contributed by atoms with Crippen molar-refractivity contribution >= 4 is 21.6 Å². The molecule has 3 aliphatic rings. The maximum Gasteiger partial charge on any atom is 0.430 e. The number of alkyl halides is 6. The fourth-order valence-electron chi connectivity index (χ4n) is 5.97. The largest absolute Gasteiger partial charge is 0.430 e. The van der Waals surface area contributed by atoms with Gasteiger partial charge in [0.25, 0.3) is 15.6 Å². The molecule has 230 valence electrons. The highest BCUT2D eigenvalue weighted by molar-refractivity contribution is 7.92. The Bertz CT molecular complexity index is 1430. The summed E-state index contributed by atoms with van der Waals surface area (Å²) in [5.74, 6) is -1.06. The highest BCUT2D eigenvalue weighted by atomic mass is 32.2. The summed E-state index contributed by atoms with van der Waals surface area (Å²) in [5, 5.41) is 13.1. The fraction of sp³-hybridized carbons (Fsp3) is 0.519. The van der Waals surface area contributed by atoms with Crippen LogP contribution >= 0.6 is 0 Å². The second kappa shape index (κ2) is 10.4. The van der Waals surface area contributed by atoms with Crippen molar-refractivity contribution in [2.75, 3.05) is 30.5 Å². The number of amides is 1. The lowest BCUT2D eigenvalue weighted by Gasteiger charge is -2.48. The summed E-state index contributed by atoms with van der Waals surface area (Å²) in [7, 11) is -4.56. The Kier molecular flexibility index (Phi) is 7.54. The van der Waals surface area contributed by atoms with Gasteiger partial charge in [0, 0.05) is 38.2 Å². The van der Waals surface area contributed by atoms with E-state index < -0.39 is 45.4 Å². The highest BCUT2D eigenvalue weighted by Gasteiger charge is 2.71. The molecule has 3 heterocycles. The van der Waals surface area contributed by atoms with E-state index >= 15 is 0 Å². The average molecular weight is 624 g/mol. The number of likely N-dealkylation sites (tertiary alicyclic amines) is 1. The first-order valence-electron chi connectivity index (χ1n) is 13.3. The lowest BCUT2D eigenvalue weighted by atomic mass is 9.73. The zero-order chi connectivity index (χ0) is 30.7. The van der Waals surface area contributed by atoms with Gasteiger partial charge >= 0.3 is 12.4 Å². The van der Waals surface area contributed by atoms with Gasteiger partial charge in [-0.3, -0.25) is 9.10 Å². The van der Waals surface area contributed by atoms with Gasteiger partial charge in [0.1, 0.15) is 5.82 Å². The van der Waals surface area contributed by atoms with Crippen molar-refractivity contribution in [2.45, 2.75) is 61.0 Å². The molecule has 0 aromatic heterocycles. The van der Waals surface area contributed by atoms with Crippen LogP contribution in [0.3, 0.4) is 0 Å². The number of nitrogens with zero attached hydrogens (tertiary/aromatic N) is 2. The maximum absolute atomic E-state index is 13.8. The van der Waals surface area contributed by atoms with Crippen molar-refractivity contribution in [3.8, 4) is 0 Å². The van der Waals surface area contributed by atoms with Crippen LogP contribution in [-0.4, -0.2) is 68.9 Å². The lowest BCUT2D eigenvalue weighted by Crippen LogP contribution is -2.59. The van der Waals surface area contributed by atoms with Crippen LogP contribution in [0.2, 0.25) is 0 Å². The quantitative estimate of drug-likeness (QED) is 0.487. The van der Waals surface area contributed by atoms with Crippen LogP contribution in [0.25, 0.3) is 0 Å². The molecular weight excluding hydrogens is 595 g/mol. The van der Waals surface area contributed by atoms with Gasteiger partial charge in [0.05, 0.1) is 16.6 Å². The number of fused-ring (bicyclic) bond motifs is 1. The number of carbonyl (C=O) groups excluding carboxylic acids is 1. The molecule has 0 bridgehead atoms. The number of aryl methyl sites for hydroxylation is 1. The second-order valence-electron chi connectivity index (χ2n) is 11.2. The van der Waals surface area contributed by atoms with E-state index in [0.29, 0.717) is 25.2 Å². The molecule has 1 amide bonds. The molecule has 0 radical (unpaired) electrons. The Morgan fingerprint density at radius 2 is 1.57 bits per heavy atom. The third-order valence-electron chi connectivity index (χ3n) is 8.59. The first-order chi connectivity index (χ1) is 19.5. The number of piperidine rings is 1. The number of carbonyl (C=O) groups is 1. The van der Waals surface area contributed by atoms with Crippen molar-refractivity contribution in [1.29, 1.82) is 0 Å². The molecule has 0 saturated carbocycles. The predicted molar refractivity (Wildman–Crippen MR) is 136 cm³/mol. The summed E-state index contributed by atoms with van der Waals surface area (Å²) in [6.07, 6.45) is -11.2. The topological polar surface area (TPSA) is 90.0 Å². The Morgan fingerprint density at radius 1 is 0.976 bits per heavy atom. The van der Waals surface area contributed by atoms with E-state index in [1.54, 1.807) is 4.90 Å². The van der Waals surface area contributed by atoms with E-state index in [2.05, 4.69) is 5.32 Å². The van der Waals surface area contributed by atoms with Gasteiger partial charge < -0.3 is 15.3 Å². The molecular formula is C27H28F7N3O4S.